The predicted octanol–water partition coefficient (Wildman–Crippen LogP) is 0.0815. The Bertz CT molecular complexity index is 420. The molecule has 0 saturated heterocycles. The molecule has 90 valence electrons. The van der Waals surface area contributed by atoms with Crippen LogP contribution in [0.5, 0.6) is 0 Å². The highest BCUT2D eigenvalue weighted by Crippen LogP contribution is 2.17. The van der Waals surface area contributed by atoms with Gasteiger partial charge in [-0.2, -0.15) is 13.4 Å². The van der Waals surface area contributed by atoms with Gasteiger partial charge in [0.15, 0.2) is 0 Å². The number of rotatable bonds is 6. The van der Waals surface area contributed by atoms with Crippen molar-refractivity contribution in [3.63, 3.8) is 0 Å². The van der Waals surface area contributed by atoms with Gasteiger partial charge in [0.2, 0.25) is 12.2 Å². The Kier molecular flexibility index (Phi) is 5.77. The van der Waals surface area contributed by atoms with Crippen molar-refractivity contribution in [1.29, 1.82) is 0 Å². The fraction of sp³-hybridized carbons (Fsp3) is 0.750. The monoisotopic (exact) mass is 248 g/mol. The van der Waals surface area contributed by atoms with Gasteiger partial charge in [0, 0.05) is 0 Å². The molecule has 0 aliphatic carbocycles. The molecule has 3 atom stereocenters. The van der Waals surface area contributed by atoms with Crippen molar-refractivity contribution in [1.82, 2.24) is 0 Å². The molecule has 16 heavy (non-hydrogen) atoms. The third-order valence-corrected chi connectivity index (χ3v) is 3.50. The normalized spacial score (nSPS) is 16.4. The zero-order valence-electron chi connectivity index (χ0n) is 8.82. The minimum atomic E-state index is -4.36. The summed E-state index contributed by atoms with van der Waals surface area (Å²) in [5.74, 6) is 0. The van der Waals surface area contributed by atoms with Gasteiger partial charge in [0.05, 0.1) is 6.04 Å². The average Bonchev–Trinajstić information content (AvgIpc) is 2.16. The maximum absolute atomic E-state index is 11.0. The van der Waals surface area contributed by atoms with E-state index >= 15 is 0 Å². The van der Waals surface area contributed by atoms with E-state index in [0.29, 0.717) is 0 Å². The zero-order chi connectivity index (χ0) is 12.8. The van der Waals surface area contributed by atoms with Crippen LogP contribution < -0.4 is 0 Å². The highest BCUT2D eigenvalue weighted by atomic mass is 32.2. The van der Waals surface area contributed by atoms with Gasteiger partial charge in [-0.25, -0.2) is 14.6 Å². The molecule has 3 unspecified atom stereocenters. The van der Waals surface area contributed by atoms with Gasteiger partial charge >= 0.3 is 0 Å². The second-order valence-electron chi connectivity index (χ2n) is 3.13. The molecule has 0 aromatic heterocycles. The SMILES string of the molecule is CCC(C(N=C=O)C(C)N=C=O)S(=O)(=O)O. The fourth-order valence-corrected chi connectivity index (χ4v) is 2.41. The minimum Gasteiger partial charge on any atom is -0.285 e. The quantitative estimate of drug-likeness (QED) is 0.406. The van der Waals surface area contributed by atoms with E-state index in [4.69, 9.17) is 4.55 Å². The smallest absolute Gasteiger partial charge is 0.269 e. The van der Waals surface area contributed by atoms with Crippen molar-refractivity contribution in [3.8, 4) is 0 Å². The van der Waals surface area contributed by atoms with Crippen molar-refractivity contribution in [2.75, 3.05) is 0 Å². The molecule has 0 aromatic carbocycles. The Morgan fingerprint density at radius 2 is 1.75 bits per heavy atom. The predicted molar refractivity (Wildman–Crippen MR) is 55.1 cm³/mol. The Labute approximate surface area is 93.0 Å². The van der Waals surface area contributed by atoms with E-state index in [1.165, 1.54) is 26.0 Å². The Balaban J connectivity index is 5.32. The molecule has 0 bridgehead atoms. The number of hydrogen-bond donors (Lipinski definition) is 1. The summed E-state index contributed by atoms with van der Waals surface area (Å²) in [6, 6.07) is -2.01. The molecule has 0 radical (unpaired) electrons. The first kappa shape index (κ1) is 14.7. The van der Waals surface area contributed by atoms with Crippen LogP contribution in [-0.4, -0.2) is 42.5 Å². The van der Waals surface area contributed by atoms with Gasteiger partial charge in [-0.1, -0.05) is 6.92 Å². The lowest BCUT2D eigenvalue weighted by atomic mass is 10.1. The lowest BCUT2D eigenvalue weighted by Gasteiger charge is -2.20. The third kappa shape index (κ3) is 4.04. The van der Waals surface area contributed by atoms with Crippen LogP contribution in [0, 0.1) is 0 Å². The molecule has 0 rings (SSSR count). The van der Waals surface area contributed by atoms with Crippen LogP contribution in [0.1, 0.15) is 20.3 Å². The van der Waals surface area contributed by atoms with E-state index in [2.05, 4.69) is 9.98 Å². The summed E-state index contributed by atoms with van der Waals surface area (Å²) in [4.78, 5) is 26.7. The van der Waals surface area contributed by atoms with Crippen LogP contribution in [-0.2, 0) is 19.7 Å². The number of isocyanates is 2. The van der Waals surface area contributed by atoms with Crippen LogP contribution in [0.25, 0.3) is 0 Å². The minimum absolute atomic E-state index is 0.0351. The van der Waals surface area contributed by atoms with Gasteiger partial charge in [0.1, 0.15) is 11.3 Å². The second-order valence-corrected chi connectivity index (χ2v) is 4.77. The van der Waals surface area contributed by atoms with Gasteiger partial charge in [-0.3, -0.25) is 4.55 Å². The van der Waals surface area contributed by atoms with Crippen LogP contribution in [0.15, 0.2) is 9.98 Å². The van der Waals surface area contributed by atoms with Crippen molar-refractivity contribution in [2.45, 2.75) is 37.6 Å². The van der Waals surface area contributed by atoms with E-state index in [1.54, 1.807) is 0 Å². The molecule has 7 nitrogen and oxygen atoms in total. The molecule has 0 aliphatic rings. The Hall–Kier alpha value is -1.33. The molecule has 0 aliphatic heterocycles. The standard InChI is InChI=1S/C8H12N2O5S/c1-3-7(16(13,14)15)8(10-5-12)6(2)9-4-11/h6-8H,3H2,1-2H3,(H,13,14,15). The van der Waals surface area contributed by atoms with E-state index in [9.17, 15) is 18.0 Å². The number of carbonyl (C=O) groups excluding carboxylic acids is 2. The number of aliphatic imine (C=N–C) groups is 2. The summed E-state index contributed by atoms with van der Waals surface area (Å²) in [5, 5.41) is -1.29. The summed E-state index contributed by atoms with van der Waals surface area (Å²) >= 11 is 0. The van der Waals surface area contributed by atoms with Crippen molar-refractivity contribution in [2.24, 2.45) is 9.98 Å². The first-order valence-electron chi connectivity index (χ1n) is 4.48. The first-order valence-corrected chi connectivity index (χ1v) is 5.99. The molecule has 0 fully saturated rings. The molecule has 1 N–H and O–H groups in total. The summed E-state index contributed by atoms with van der Waals surface area (Å²) in [7, 11) is -4.36. The average molecular weight is 248 g/mol. The van der Waals surface area contributed by atoms with Crippen LogP contribution in [0.2, 0.25) is 0 Å². The van der Waals surface area contributed by atoms with Crippen LogP contribution in [0.3, 0.4) is 0 Å². The maximum atomic E-state index is 11.0. The van der Waals surface area contributed by atoms with Gasteiger partial charge in [-0.15, -0.1) is 0 Å². The summed E-state index contributed by atoms with van der Waals surface area (Å²) in [6.45, 7) is 2.90. The lowest BCUT2D eigenvalue weighted by molar-refractivity contribution is 0.429. The molecular weight excluding hydrogens is 236 g/mol. The van der Waals surface area contributed by atoms with Crippen LogP contribution >= 0.6 is 0 Å². The largest absolute Gasteiger partial charge is 0.285 e. The lowest BCUT2D eigenvalue weighted by Crippen LogP contribution is -2.38. The number of nitrogens with zero attached hydrogens (tertiary/aromatic N) is 2. The molecule has 0 amide bonds. The highest BCUT2D eigenvalue weighted by molar-refractivity contribution is 7.86. The van der Waals surface area contributed by atoms with E-state index in [0.717, 1.165) is 0 Å². The molecule has 0 heterocycles. The number of hydrogen-bond acceptors (Lipinski definition) is 6. The second kappa shape index (κ2) is 6.30. The van der Waals surface area contributed by atoms with Crippen molar-refractivity contribution in [3.05, 3.63) is 0 Å². The summed E-state index contributed by atoms with van der Waals surface area (Å²) in [5.41, 5.74) is 0. The van der Waals surface area contributed by atoms with Crippen molar-refractivity contribution < 1.29 is 22.6 Å². The molecule has 0 saturated carbocycles. The van der Waals surface area contributed by atoms with E-state index in [-0.39, 0.29) is 6.42 Å². The van der Waals surface area contributed by atoms with Crippen molar-refractivity contribution >= 4 is 22.3 Å². The topological polar surface area (TPSA) is 113 Å². The summed E-state index contributed by atoms with van der Waals surface area (Å²) in [6.07, 6.45) is 2.48. The third-order valence-electron chi connectivity index (χ3n) is 2.12. The van der Waals surface area contributed by atoms with Gasteiger partial charge < -0.3 is 0 Å². The van der Waals surface area contributed by atoms with Crippen LogP contribution in [0.4, 0.5) is 0 Å². The van der Waals surface area contributed by atoms with Gasteiger partial charge in [-0.05, 0) is 13.3 Å². The van der Waals surface area contributed by atoms with E-state index < -0.39 is 27.5 Å². The first-order chi connectivity index (χ1) is 7.38. The molecule has 8 heteroatoms. The highest BCUT2D eigenvalue weighted by Gasteiger charge is 2.34. The molecule has 0 spiro atoms. The Morgan fingerprint density at radius 3 is 2.06 bits per heavy atom. The fourth-order valence-electron chi connectivity index (χ4n) is 1.35. The maximum Gasteiger partial charge on any atom is 0.269 e. The Morgan fingerprint density at radius 1 is 1.25 bits per heavy atom. The molecule has 0 aromatic rings. The zero-order valence-corrected chi connectivity index (χ0v) is 9.64. The molecular formula is C8H12N2O5S. The summed E-state index contributed by atoms with van der Waals surface area (Å²) < 4.78 is 31.0. The van der Waals surface area contributed by atoms with E-state index in [1.807, 2.05) is 0 Å². The van der Waals surface area contributed by atoms with Gasteiger partial charge in [0.25, 0.3) is 10.1 Å².